The number of likely N-dealkylation sites (tertiary alicyclic amines) is 1. The van der Waals surface area contributed by atoms with Gasteiger partial charge in [-0.15, -0.1) is 0 Å². The predicted molar refractivity (Wildman–Crippen MR) is 98.0 cm³/mol. The molecule has 4 rings (SSSR count). The molecule has 0 saturated carbocycles. The van der Waals surface area contributed by atoms with Gasteiger partial charge in [-0.1, -0.05) is 5.16 Å². The van der Waals surface area contributed by atoms with E-state index < -0.39 is 0 Å². The molecule has 4 heterocycles. The zero-order chi connectivity index (χ0) is 18.8. The van der Waals surface area contributed by atoms with E-state index in [4.69, 9.17) is 4.52 Å². The summed E-state index contributed by atoms with van der Waals surface area (Å²) in [6, 6.07) is 3.73. The lowest BCUT2D eigenvalue weighted by atomic mass is 9.97. The normalized spacial score (nSPS) is 17.3. The van der Waals surface area contributed by atoms with Crippen LogP contribution in [-0.2, 0) is 6.54 Å². The Bertz CT molecular complexity index is 933. The number of hydrogen-bond acceptors (Lipinski definition) is 6. The van der Waals surface area contributed by atoms with Gasteiger partial charge in [0.1, 0.15) is 0 Å². The number of rotatable bonds is 4. The summed E-state index contributed by atoms with van der Waals surface area (Å²) in [5.74, 6) is 1.17. The van der Waals surface area contributed by atoms with E-state index in [1.165, 1.54) is 0 Å². The fraction of sp³-hybridized carbons (Fsp3) is 0.421. The van der Waals surface area contributed by atoms with Crippen LogP contribution in [0.1, 0.15) is 47.6 Å². The Morgan fingerprint density at radius 1 is 1.41 bits per heavy atom. The lowest BCUT2D eigenvalue weighted by Gasteiger charge is -2.30. The molecule has 8 heteroatoms. The van der Waals surface area contributed by atoms with Gasteiger partial charge in [0.05, 0.1) is 17.2 Å². The summed E-state index contributed by atoms with van der Waals surface area (Å²) in [4.78, 5) is 23.4. The molecule has 0 aliphatic carbocycles. The number of aromatic nitrogens is 5. The highest BCUT2D eigenvalue weighted by Gasteiger charge is 2.30. The van der Waals surface area contributed by atoms with E-state index in [0.29, 0.717) is 23.8 Å². The molecule has 3 aromatic rings. The van der Waals surface area contributed by atoms with Gasteiger partial charge in [0, 0.05) is 43.8 Å². The Kier molecular flexibility index (Phi) is 4.70. The molecule has 1 aliphatic heterocycles. The molecular weight excluding hydrogens is 344 g/mol. The fourth-order valence-electron chi connectivity index (χ4n) is 3.44. The van der Waals surface area contributed by atoms with Crippen LogP contribution in [0.3, 0.4) is 0 Å². The molecule has 0 N–H and O–H groups in total. The van der Waals surface area contributed by atoms with Gasteiger partial charge in [-0.25, -0.2) is 0 Å². The van der Waals surface area contributed by atoms with Gasteiger partial charge in [-0.2, -0.15) is 10.1 Å². The van der Waals surface area contributed by atoms with Gasteiger partial charge in [-0.05, 0) is 38.8 Å². The number of carbonyl (C=O) groups excluding carboxylic acids is 1. The molecule has 0 aromatic carbocycles. The van der Waals surface area contributed by atoms with E-state index in [0.717, 1.165) is 37.2 Å². The number of carbonyl (C=O) groups is 1. The van der Waals surface area contributed by atoms with Crippen molar-refractivity contribution in [2.24, 2.45) is 0 Å². The molecule has 140 valence electrons. The molecule has 1 aliphatic rings. The zero-order valence-corrected chi connectivity index (χ0v) is 15.5. The highest BCUT2D eigenvalue weighted by molar-refractivity contribution is 5.95. The van der Waals surface area contributed by atoms with Crippen molar-refractivity contribution >= 4 is 5.91 Å². The van der Waals surface area contributed by atoms with Gasteiger partial charge in [0.2, 0.25) is 11.7 Å². The predicted octanol–water partition coefficient (Wildman–Crippen LogP) is 2.68. The molecule has 1 atom stereocenters. The number of aryl methyl sites for hydroxylation is 2. The number of nitrogens with zero attached hydrogens (tertiary/aromatic N) is 6. The lowest BCUT2D eigenvalue weighted by molar-refractivity contribution is 0.0695. The standard InChI is InChI=1S/C19H22N6O2/c1-3-25-12-16(13(2)22-25)19(26)24-9-5-7-15(11-24)18-21-17(23-27-18)14-6-4-8-20-10-14/h4,6,8,10,12,15H,3,5,7,9,11H2,1-2H3. The minimum Gasteiger partial charge on any atom is -0.339 e. The third-order valence-electron chi connectivity index (χ3n) is 4.92. The molecule has 0 bridgehead atoms. The largest absolute Gasteiger partial charge is 0.339 e. The van der Waals surface area contributed by atoms with E-state index in [9.17, 15) is 4.79 Å². The molecule has 1 fully saturated rings. The van der Waals surface area contributed by atoms with Crippen LogP contribution in [0.4, 0.5) is 0 Å². The van der Waals surface area contributed by atoms with Crippen LogP contribution in [0, 0.1) is 6.92 Å². The van der Waals surface area contributed by atoms with Crippen LogP contribution in [0.25, 0.3) is 11.4 Å². The zero-order valence-electron chi connectivity index (χ0n) is 15.5. The smallest absolute Gasteiger partial charge is 0.257 e. The molecule has 3 aromatic heterocycles. The maximum absolute atomic E-state index is 13.0. The Morgan fingerprint density at radius 3 is 3.04 bits per heavy atom. The SMILES string of the molecule is CCn1cc(C(=O)N2CCCC(c3nc(-c4cccnc4)no3)C2)c(C)n1. The fourth-order valence-corrected chi connectivity index (χ4v) is 3.44. The van der Waals surface area contributed by atoms with Crippen LogP contribution in [0.15, 0.2) is 35.2 Å². The Balaban J connectivity index is 1.50. The molecule has 0 radical (unpaired) electrons. The molecule has 1 unspecified atom stereocenters. The van der Waals surface area contributed by atoms with Gasteiger partial charge < -0.3 is 9.42 Å². The van der Waals surface area contributed by atoms with E-state index in [-0.39, 0.29) is 11.8 Å². The highest BCUT2D eigenvalue weighted by Crippen LogP contribution is 2.28. The van der Waals surface area contributed by atoms with Crippen molar-refractivity contribution in [1.82, 2.24) is 29.8 Å². The summed E-state index contributed by atoms with van der Waals surface area (Å²) in [5.41, 5.74) is 2.25. The molecular formula is C19H22N6O2. The van der Waals surface area contributed by atoms with Crippen molar-refractivity contribution in [3.05, 3.63) is 47.9 Å². The van der Waals surface area contributed by atoms with Crippen LogP contribution in [-0.4, -0.2) is 48.8 Å². The second-order valence-corrected chi connectivity index (χ2v) is 6.77. The number of piperidine rings is 1. The van der Waals surface area contributed by atoms with Crippen molar-refractivity contribution in [2.75, 3.05) is 13.1 Å². The van der Waals surface area contributed by atoms with E-state index in [1.54, 1.807) is 17.1 Å². The second-order valence-electron chi connectivity index (χ2n) is 6.77. The third-order valence-corrected chi connectivity index (χ3v) is 4.92. The van der Waals surface area contributed by atoms with E-state index in [1.807, 2.05) is 37.1 Å². The second kappa shape index (κ2) is 7.30. The highest BCUT2D eigenvalue weighted by atomic mass is 16.5. The Hall–Kier alpha value is -3.03. The first kappa shape index (κ1) is 17.4. The van der Waals surface area contributed by atoms with Gasteiger partial charge in [0.15, 0.2) is 0 Å². The third kappa shape index (κ3) is 3.47. The summed E-state index contributed by atoms with van der Waals surface area (Å²) < 4.78 is 7.29. The van der Waals surface area contributed by atoms with Gasteiger partial charge >= 0.3 is 0 Å². The average Bonchev–Trinajstić information content (AvgIpc) is 3.35. The molecule has 27 heavy (non-hydrogen) atoms. The first-order valence-electron chi connectivity index (χ1n) is 9.23. The van der Waals surface area contributed by atoms with Crippen molar-refractivity contribution in [1.29, 1.82) is 0 Å². The van der Waals surface area contributed by atoms with Crippen molar-refractivity contribution in [3.8, 4) is 11.4 Å². The Morgan fingerprint density at radius 2 is 2.30 bits per heavy atom. The quantitative estimate of drug-likeness (QED) is 0.705. The Labute approximate surface area is 157 Å². The average molecular weight is 366 g/mol. The van der Waals surface area contributed by atoms with Crippen LogP contribution < -0.4 is 0 Å². The minimum atomic E-state index is 0.0175. The first-order valence-corrected chi connectivity index (χ1v) is 9.23. The molecule has 1 saturated heterocycles. The van der Waals surface area contributed by atoms with Crippen LogP contribution in [0.2, 0.25) is 0 Å². The summed E-state index contributed by atoms with van der Waals surface area (Å²) in [6.07, 6.45) is 7.07. The van der Waals surface area contributed by atoms with Crippen molar-refractivity contribution in [3.63, 3.8) is 0 Å². The summed E-state index contributed by atoms with van der Waals surface area (Å²) in [7, 11) is 0. The van der Waals surface area contributed by atoms with Gasteiger partial charge in [-0.3, -0.25) is 14.5 Å². The maximum atomic E-state index is 13.0. The van der Waals surface area contributed by atoms with Crippen molar-refractivity contribution < 1.29 is 9.32 Å². The summed E-state index contributed by atoms with van der Waals surface area (Å²) in [5, 5.41) is 8.46. The monoisotopic (exact) mass is 366 g/mol. The molecule has 0 spiro atoms. The summed E-state index contributed by atoms with van der Waals surface area (Å²) >= 11 is 0. The summed E-state index contributed by atoms with van der Waals surface area (Å²) in [6.45, 7) is 5.93. The van der Waals surface area contributed by atoms with Crippen molar-refractivity contribution in [2.45, 2.75) is 39.2 Å². The van der Waals surface area contributed by atoms with Crippen LogP contribution >= 0.6 is 0 Å². The van der Waals surface area contributed by atoms with E-state index in [2.05, 4.69) is 20.2 Å². The molecule has 1 amide bonds. The minimum absolute atomic E-state index is 0.0175. The number of pyridine rings is 1. The van der Waals surface area contributed by atoms with E-state index >= 15 is 0 Å². The topological polar surface area (TPSA) is 89.9 Å². The van der Waals surface area contributed by atoms with Gasteiger partial charge in [0.25, 0.3) is 5.91 Å². The number of amides is 1. The number of hydrogen-bond donors (Lipinski definition) is 0. The maximum Gasteiger partial charge on any atom is 0.257 e. The lowest BCUT2D eigenvalue weighted by Crippen LogP contribution is -2.39. The molecule has 8 nitrogen and oxygen atoms in total. The van der Waals surface area contributed by atoms with Crippen LogP contribution in [0.5, 0.6) is 0 Å². The first-order chi connectivity index (χ1) is 13.2.